The van der Waals surface area contributed by atoms with Crippen molar-refractivity contribution in [3.63, 3.8) is 0 Å². The van der Waals surface area contributed by atoms with E-state index in [2.05, 4.69) is 31.0 Å². The number of benzene rings is 1. The van der Waals surface area contributed by atoms with E-state index in [-0.39, 0.29) is 16.0 Å². The molecule has 1 atom stereocenters. The van der Waals surface area contributed by atoms with Gasteiger partial charge in [-0.1, -0.05) is 32.7 Å². The van der Waals surface area contributed by atoms with Crippen LogP contribution in [0.3, 0.4) is 0 Å². The highest BCUT2D eigenvalue weighted by Gasteiger charge is 2.34. The number of sulfonamides is 1. The van der Waals surface area contributed by atoms with Crippen LogP contribution in [0.4, 0.5) is 0 Å². The molecule has 1 aliphatic heterocycles. The maximum atomic E-state index is 12.9. The number of rotatable bonds is 5. The molecule has 1 aliphatic carbocycles. The van der Waals surface area contributed by atoms with Crippen molar-refractivity contribution in [1.29, 1.82) is 0 Å². The maximum absolute atomic E-state index is 12.9. The average Bonchev–Trinajstić information content (AvgIpc) is 3.38. The first-order valence-corrected chi connectivity index (χ1v) is 11.5. The third-order valence-corrected chi connectivity index (χ3v) is 7.96. The third kappa shape index (κ3) is 3.93. The van der Waals surface area contributed by atoms with Gasteiger partial charge in [0.25, 0.3) is 0 Å². The van der Waals surface area contributed by atoms with Crippen LogP contribution >= 0.6 is 27.5 Å². The molecule has 0 amide bonds. The summed E-state index contributed by atoms with van der Waals surface area (Å²) < 4.78 is 33.5. The molecule has 2 heterocycles. The highest BCUT2D eigenvalue weighted by Crippen LogP contribution is 2.38. The van der Waals surface area contributed by atoms with E-state index in [0.717, 1.165) is 23.1 Å². The van der Waals surface area contributed by atoms with Crippen LogP contribution in [-0.2, 0) is 10.0 Å². The van der Waals surface area contributed by atoms with Crippen molar-refractivity contribution in [3.8, 4) is 0 Å². The van der Waals surface area contributed by atoms with Crippen LogP contribution in [0.5, 0.6) is 0 Å². The first-order valence-electron chi connectivity index (χ1n) is 8.89. The molecule has 1 aromatic heterocycles. The van der Waals surface area contributed by atoms with Gasteiger partial charge in [-0.3, -0.25) is 4.90 Å². The molecule has 146 valence electrons. The maximum Gasteiger partial charge on any atom is 0.244 e. The van der Waals surface area contributed by atoms with Gasteiger partial charge in [-0.25, -0.2) is 8.42 Å². The lowest BCUT2D eigenvalue weighted by atomic mass is 10.2. The van der Waals surface area contributed by atoms with E-state index in [9.17, 15) is 8.42 Å². The number of hydrogen-bond acceptors (Lipinski definition) is 6. The Morgan fingerprint density at radius 3 is 2.59 bits per heavy atom. The fraction of sp³-hybridized carbons (Fsp3) is 0.529. The minimum atomic E-state index is -3.62. The van der Waals surface area contributed by atoms with Gasteiger partial charge in [0.1, 0.15) is 4.90 Å². The summed E-state index contributed by atoms with van der Waals surface area (Å²) in [5.41, 5.74) is 0. The normalized spacial score (nSPS) is 20.7. The lowest BCUT2D eigenvalue weighted by Crippen LogP contribution is -2.49. The number of nitrogens with zero attached hydrogens (tertiary/aromatic N) is 4. The summed E-state index contributed by atoms with van der Waals surface area (Å²) in [6.45, 7) is 3.98. The van der Waals surface area contributed by atoms with Gasteiger partial charge < -0.3 is 4.52 Å². The Morgan fingerprint density at radius 1 is 1.26 bits per heavy atom. The number of piperazine rings is 1. The first kappa shape index (κ1) is 19.3. The monoisotopic (exact) mass is 474 g/mol. The van der Waals surface area contributed by atoms with Gasteiger partial charge in [0.15, 0.2) is 5.82 Å². The van der Waals surface area contributed by atoms with Gasteiger partial charge in [-0.2, -0.15) is 9.29 Å². The zero-order valence-electron chi connectivity index (χ0n) is 14.8. The standard InChI is InChI=1S/C17H20BrClN4O3S/c1-11(17-20-16(21-26-17)12-2-3-12)22-6-8-23(9-7-22)27(24,25)15-5-4-13(18)10-14(15)19/h4-5,10-12H,2-3,6-9H2,1H3. The van der Waals surface area contributed by atoms with Gasteiger partial charge in [0.05, 0.1) is 11.1 Å². The van der Waals surface area contributed by atoms with Gasteiger partial charge in [0, 0.05) is 36.6 Å². The Balaban J connectivity index is 1.43. The van der Waals surface area contributed by atoms with Crippen molar-refractivity contribution in [3.05, 3.63) is 39.4 Å². The predicted octanol–water partition coefficient (Wildman–Crippen LogP) is 3.43. The number of halogens is 2. The van der Waals surface area contributed by atoms with Crippen molar-refractivity contribution in [2.75, 3.05) is 26.2 Å². The lowest BCUT2D eigenvalue weighted by Gasteiger charge is -2.36. The summed E-state index contributed by atoms with van der Waals surface area (Å²) in [6, 6.07) is 4.78. The molecule has 1 saturated carbocycles. The van der Waals surface area contributed by atoms with Gasteiger partial charge in [0.2, 0.25) is 15.9 Å². The second kappa shape index (κ2) is 7.44. The van der Waals surface area contributed by atoms with E-state index in [1.807, 2.05) is 6.92 Å². The van der Waals surface area contributed by atoms with Crippen LogP contribution in [0.25, 0.3) is 0 Å². The number of aromatic nitrogens is 2. The minimum Gasteiger partial charge on any atom is -0.338 e. The van der Waals surface area contributed by atoms with Crippen LogP contribution in [0, 0.1) is 0 Å². The van der Waals surface area contributed by atoms with Gasteiger partial charge in [-0.05, 0) is 38.0 Å². The minimum absolute atomic E-state index is 0.0360. The van der Waals surface area contributed by atoms with Crippen LogP contribution in [0.2, 0.25) is 5.02 Å². The zero-order valence-corrected chi connectivity index (χ0v) is 18.0. The Bertz CT molecular complexity index is 939. The SMILES string of the molecule is CC(c1nc(C2CC2)no1)N1CCN(S(=O)(=O)c2ccc(Br)cc2Cl)CC1. The second-order valence-corrected chi connectivity index (χ2v) is 10.2. The third-order valence-electron chi connectivity index (χ3n) is 5.09. The Kier molecular flexibility index (Phi) is 5.32. The highest BCUT2D eigenvalue weighted by molar-refractivity contribution is 9.10. The van der Waals surface area contributed by atoms with Crippen LogP contribution in [0.1, 0.15) is 43.4 Å². The molecule has 0 spiro atoms. The molecule has 1 saturated heterocycles. The lowest BCUT2D eigenvalue weighted by molar-refractivity contribution is 0.124. The summed E-state index contributed by atoms with van der Waals surface area (Å²) in [5.74, 6) is 1.85. The van der Waals surface area contributed by atoms with E-state index in [1.54, 1.807) is 12.1 Å². The average molecular weight is 476 g/mol. The Labute approximate surface area is 171 Å². The summed E-state index contributed by atoms with van der Waals surface area (Å²) >= 11 is 9.45. The topological polar surface area (TPSA) is 79.5 Å². The molecule has 0 bridgehead atoms. The molecular formula is C17H20BrClN4O3S. The van der Waals surface area contributed by atoms with Crippen LogP contribution < -0.4 is 0 Å². The number of hydrogen-bond donors (Lipinski definition) is 0. The molecule has 1 aromatic carbocycles. The molecule has 2 aliphatic rings. The van der Waals surface area contributed by atoms with Gasteiger partial charge >= 0.3 is 0 Å². The van der Waals surface area contributed by atoms with E-state index in [1.165, 1.54) is 10.4 Å². The molecule has 27 heavy (non-hydrogen) atoms. The van der Waals surface area contributed by atoms with E-state index in [0.29, 0.717) is 38.0 Å². The van der Waals surface area contributed by atoms with Gasteiger partial charge in [-0.15, -0.1) is 0 Å². The van der Waals surface area contributed by atoms with Crippen molar-refractivity contribution in [2.45, 2.75) is 36.6 Å². The summed E-state index contributed by atoms with van der Waals surface area (Å²) in [7, 11) is -3.62. The van der Waals surface area contributed by atoms with Crippen LogP contribution in [-0.4, -0.2) is 53.9 Å². The second-order valence-electron chi connectivity index (χ2n) is 6.96. The Hall–Kier alpha value is -1.000. The van der Waals surface area contributed by atoms with Crippen molar-refractivity contribution in [1.82, 2.24) is 19.3 Å². The molecule has 10 heteroatoms. The van der Waals surface area contributed by atoms with Crippen LogP contribution in [0.15, 0.2) is 32.1 Å². The molecule has 1 unspecified atom stereocenters. The first-order chi connectivity index (χ1) is 12.9. The molecule has 7 nitrogen and oxygen atoms in total. The molecule has 4 rings (SSSR count). The van der Waals surface area contributed by atoms with Crippen molar-refractivity contribution >= 4 is 37.6 Å². The summed E-state index contributed by atoms with van der Waals surface area (Å²) in [4.78, 5) is 6.81. The van der Waals surface area contributed by atoms with E-state index < -0.39 is 10.0 Å². The molecule has 2 fully saturated rings. The smallest absolute Gasteiger partial charge is 0.244 e. The molecular weight excluding hydrogens is 456 g/mol. The summed E-state index contributed by atoms with van der Waals surface area (Å²) in [5, 5.41) is 4.29. The largest absolute Gasteiger partial charge is 0.338 e. The predicted molar refractivity (Wildman–Crippen MR) is 104 cm³/mol. The van der Waals surface area contributed by atoms with Crippen molar-refractivity contribution < 1.29 is 12.9 Å². The summed E-state index contributed by atoms with van der Waals surface area (Å²) in [6.07, 6.45) is 2.25. The molecule has 0 N–H and O–H groups in total. The Morgan fingerprint density at radius 2 is 1.96 bits per heavy atom. The van der Waals surface area contributed by atoms with E-state index >= 15 is 0 Å². The molecule has 0 radical (unpaired) electrons. The van der Waals surface area contributed by atoms with Crippen molar-refractivity contribution in [2.24, 2.45) is 0 Å². The zero-order chi connectivity index (χ0) is 19.2. The molecule has 2 aromatic rings. The van der Waals surface area contributed by atoms with E-state index in [4.69, 9.17) is 16.1 Å². The quantitative estimate of drug-likeness (QED) is 0.659. The fourth-order valence-electron chi connectivity index (χ4n) is 3.24. The fourth-order valence-corrected chi connectivity index (χ4v) is 5.67. The highest BCUT2D eigenvalue weighted by atomic mass is 79.9.